The van der Waals surface area contributed by atoms with Crippen molar-refractivity contribution in [3.63, 3.8) is 0 Å². The number of benzene rings is 1. The third-order valence-electron chi connectivity index (χ3n) is 3.54. The van der Waals surface area contributed by atoms with Gasteiger partial charge in [0, 0.05) is 22.5 Å². The number of rotatable bonds is 2. The van der Waals surface area contributed by atoms with Gasteiger partial charge in [-0.2, -0.15) is 0 Å². The predicted octanol–water partition coefficient (Wildman–Crippen LogP) is 2.08. The standard InChI is InChI=1S/C13H15BrN2O2S/c1-13(12(15)18)4-5-16(7-13)11(17)9-6-8(19)2-3-10(9)14/h2-3,6,19H,4-5,7H2,1H3,(H2,15,18). The normalized spacial score (nSPS) is 22.6. The third kappa shape index (κ3) is 2.79. The highest BCUT2D eigenvalue weighted by molar-refractivity contribution is 9.10. The van der Waals surface area contributed by atoms with Gasteiger partial charge in [-0.05, 0) is 47.5 Å². The maximum absolute atomic E-state index is 12.4. The van der Waals surface area contributed by atoms with Gasteiger partial charge in [-0.3, -0.25) is 9.59 Å². The van der Waals surface area contributed by atoms with E-state index in [1.165, 1.54) is 0 Å². The monoisotopic (exact) mass is 342 g/mol. The van der Waals surface area contributed by atoms with Crippen molar-refractivity contribution in [1.82, 2.24) is 4.90 Å². The molecule has 19 heavy (non-hydrogen) atoms. The molecule has 6 heteroatoms. The summed E-state index contributed by atoms with van der Waals surface area (Å²) in [6.07, 6.45) is 0.603. The van der Waals surface area contributed by atoms with Gasteiger partial charge in [-0.15, -0.1) is 12.6 Å². The smallest absolute Gasteiger partial charge is 0.255 e. The lowest BCUT2D eigenvalue weighted by Gasteiger charge is -2.21. The first-order valence-electron chi connectivity index (χ1n) is 5.91. The number of amides is 2. The highest BCUT2D eigenvalue weighted by atomic mass is 79.9. The van der Waals surface area contributed by atoms with Crippen molar-refractivity contribution >= 4 is 40.4 Å². The highest BCUT2D eigenvalue weighted by Crippen LogP contribution is 2.31. The summed E-state index contributed by atoms with van der Waals surface area (Å²) in [6, 6.07) is 5.32. The van der Waals surface area contributed by atoms with Crippen molar-refractivity contribution in [2.24, 2.45) is 11.1 Å². The van der Waals surface area contributed by atoms with E-state index in [1.807, 2.05) is 6.07 Å². The zero-order valence-electron chi connectivity index (χ0n) is 10.5. The average molecular weight is 343 g/mol. The summed E-state index contributed by atoms with van der Waals surface area (Å²) in [7, 11) is 0. The maximum Gasteiger partial charge on any atom is 0.255 e. The predicted molar refractivity (Wildman–Crippen MR) is 79.2 cm³/mol. The molecule has 0 bridgehead atoms. The Kier molecular flexibility index (Phi) is 3.92. The fourth-order valence-corrected chi connectivity index (χ4v) is 2.80. The number of halogens is 1. The lowest BCUT2D eigenvalue weighted by Crippen LogP contribution is -2.38. The Labute approximate surface area is 125 Å². The Balaban J connectivity index is 2.22. The van der Waals surface area contributed by atoms with Crippen LogP contribution in [0.2, 0.25) is 0 Å². The summed E-state index contributed by atoms with van der Waals surface area (Å²) >= 11 is 7.60. The number of carbonyl (C=O) groups excluding carboxylic acids is 2. The Morgan fingerprint density at radius 1 is 1.47 bits per heavy atom. The van der Waals surface area contributed by atoms with Crippen LogP contribution in [-0.4, -0.2) is 29.8 Å². The van der Waals surface area contributed by atoms with Crippen LogP contribution in [0, 0.1) is 5.41 Å². The summed E-state index contributed by atoms with van der Waals surface area (Å²) < 4.78 is 0.725. The van der Waals surface area contributed by atoms with Crippen LogP contribution in [0.25, 0.3) is 0 Å². The molecule has 1 heterocycles. The fourth-order valence-electron chi connectivity index (χ4n) is 2.18. The van der Waals surface area contributed by atoms with Crippen LogP contribution in [0.5, 0.6) is 0 Å². The lowest BCUT2D eigenvalue weighted by molar-refractivity contribution is -0.126. The van der Waals surface area contributed by atoms with Crippen molar-refractivity contribution in [3.05, 3.63) is 28.2 Å². The van der Waals surface area contributed by atoms with Crippen molar-refractivity contribution in [1.29, 1.82) is 0 Å². The van der Waals surface area contributed by atoms with Gasteiger partial charge in [0.05, 0.1) is 11.0 Å². The molecule has 1 aromatic carbocycles. The molecule has 0 saturated carbocycles. The molecule has 102 valence electrons. The molecule has 0 spiro atoms. The summed E-state index contributed by atoms with van der Waals surface area (Å²) in [5.74, 6) is -0.461. The van der Waals surface area contributed by atoms with Crippen molar-refractivity contribution in [3.8, 4) is 0 Å². The Morgan fingerprint density at radius 3 is 2.74 bits per heavy atom. The van der Waals surface area contributed by atoms with Gasteiger partial charge in [0.1, 0.15) is 0 Å². The minimum absolute atomic E-state index is 0.104. The highest BCUT2D eigenvalue weighted by Gasteiger charge is 2.41. The number of hydrogen-bond acceptors (Lipinski definition) is 3. The molecule has 1 atom stereocenters. The van der Waals surface area contributed by atoms with Gasteiger partial charge < -0.3 is 10.6 Å². The van der Waals surface area contributed by atoms with E-state index in [4.69, 9.17) is 5.73 Å². The molecule has 1 aliphatic rings. The molecule has 0 radical (unpaired) electrons. The van der Waals surface area contributed by atoms with Crippen LogP contribution < -0.4 is 5.73 Å². The van der Waals surface area contributed by atoms with Gasteiger partial charge in [0.25, 0.3) is 5.91 Å². The number of nitrogens with two attached hydrogens (primary N) is 1. The van der Waals surface area contributed by atoms with E-state index < -0.39 is 5.41 Å². The molecular formula is C13H15BrN2O2S. The van der Waals surface area contributed by atoms with E-state index in [9.17, 15) is 9.59 Å². The second-order valence-electron chi connectivity index (χ2n) is 5.07. The number of carbonyl (C=O) groups is 2. The SMILES string of the molecule is CC1(C(N)=O)CCN(C(=O)c2cc(S)ccc2Br)C1. The molecule has 1 unspecified atom stereocenters. The number of likely N-dealkylation sites (tertiary alicyclic amines) is 1. The van der Waals surface area contributed by atoms with E-state index in [0.29, 0.717) is 25.1 Å². The molecule has 2 amide bonds. The minimum atomic E-state index is -0.624. The Bertz CT molecular complexity index is 549. The number of hydrogen-bond donors (Lipinski definition) is 2. The zero-order valence-corrected chi connectivity index (χ0v) is 13.0. The number of thiol groups is 1. The summed E-state index contributed by atoms with van der Waals surface area (Å²) in [6.45, 7) is 2.71. The van der Waals surface area contributed by atoms with Crippen LogP contribution in [0.1, 0.15) is 23.7 Å². The van der Waals surface area contributed by atoms with Gasteiger partial charge in [0.2, 0.25) is 5.91 Å². The second kappa shape index (κ2) is 5.17. The van der Waals surface area contributed by atoms with Crippen LogP contribution >= 0.6 is 28.6 Å². The first-order valence-corrected chi connectivity index (χ1v) is 7.15. The van der Waals surface area contributed by atoms with E-state index in [0.717, 1.165) is 9.37 Å². The van der Waals surface area contributed by atoms with Crippen molar-refractivity contribution in [2.75, 3.05) is 13.1 Å². The topological polar surface area (TPSA) is 63.4 Å². The number of nitrogens with zero attached hydrogens (tertiary/aromatic N) is 1. The molecule has 2 rings (SSSR count). The van der Waals surface area contributed by atoms with Crippen LogP contribution in [-0.2, 0) is 4.79 Å². The first-order chi connectivity index (χ1) is 8.83. The summed E-state index contributed by atoms with van der Waals surface area (Å²) in [4.78, 5) is 26.2. The molecule has 1 fully saturated rings. The zero-order chi connectivity index (χ0) is 14.2. The molecule has 4 nitrogen and oxygen atoms in total. The summed E-state index contributed by atoms with van der Waals surface area (Å²) in [5.41, 5.74) is 5.32. The quantitative estimate of drug-likeness (QED) is 0.808. The Hall–Kier alpha value is -1.01. The van der Waals surface area contributed by atoms with E-state index in [2.05, 4.69) is 28.6 Å². The van der Waals surface area contributed by atoms with Crippen LogP contribution in [0.15, 0.2) is 27.6 Å². The molecule has 1 aromatic rings. The van der Waals surface area contributed by atoms with Crippen LogP contribution in [0.3, 0.4) is 0 Å². The second-order valence-corrected chi connectivity index (χ2v) is 6.44. The van der Waals surface area contributed by atoms with Gasteiger partial charge >= 0.3 is 0 Å². The van der Waals surface area contributed by atoms with Crippen molar-refractivity contribution < 1.29 is 9.59 Å². The molecule has 1 saturated heterocycles. The van der Waals surface area contributed by atoms with E-state index in [-0.39, 0.29) is 11.8 Å². The fraction of sp³-hybridized carbons (Fsp3) is 0.385. The number of primary amides is 1. The molecular weight excluding hydrogens is 328 g/mol. The molecule has 2 N–H and O–H groups in total. The van der Waals surface area contributed by atoms with E-state index >= 15 is 0 Å². The molecule has 0 aliphatic carbocycles. The molecule has 1 aliphatic heterocycles. The van der Waals surface area contributed by atoms with Gasteiger partial charge in [-0.1, -0.05) is 0 Å². The summed E-state index contributed by atoms with van der Waals surface area (Å²) in [5, 5.41) is 0. The minimum Gasteiger partial charge on any atom is -0.369 e. The largest absolute Gasteiger partial charge is 0.369 e. The molecule has 0 aromatic heterocycles. The lowest BCUT2D eigenvalue weighted by atomic mass is 9.89. The average Bonchev–Trinajstić information content (AvgIpc) is 2.76. The van der Waals surface area contributed by atoms with E-state index in [1.54, 1.807) is 24.0 Å². The maximum atomic E-state index is 12.4. The first kappa shape index (κ1) is 14.4. The Morgan fingerprint density at radius 2 is 2.16 bits per heavy atom. The van der Waals surface area contributed by atoms with Gasteiger partial charge in [-0.25, -0.2) is 0 Å². The van der Waals surface area contributed by atoms with Crippen molar-refractivity contribution in [2.45, 2.75) is 18.2 Å². The third-order valence-corrected chi connectivity index (χ3v) is 4.51. The van der Waals surface area contributed by atoms with Crippen LogP contribution in [0.4, 0.5) is 0 Å². The van der Waals surface area contributed by atoms with Gasteiger partial charge in [0.15, 0.2) is 0 Å².